The van der Waals surface area contributed by atoms with Crippen LogP contribution in [0.3, 0.4) is 0 Å². The molecular formula is C12H25NS. The van der Waals surface area contributed by atoms with Gasteiger partial charge in [0.2, 0.25) is 0 Å². The lowest BCUT2D eigenvalue weighted by atomic mass is 9.80. The van der Waals surface area contributed by atoms with Gasteiger partial charge in [-0.05, 0) is 43.9 Å². The number of thioether (sulfide) groups is 1. The highest BCUT2D eigenvalue weighted by Crippen LogP contribution is 2.31. The molecule has 84 valence electrons. The zero-order valence-corrected chi connectivity index (χ0v) is 10.5. The van der Waals surface area contributed by atoms with Crippen molar-refractivity contribution < 1.29 is 0 Å². The van der Waals surface area contributed by atoms with Crippen LogP contribution in [0.2, 0.25) is 0 Å². The summed E-state index contributed by atoms with van der Waals surface area (Å²) in [6, 6.07) is 0.806. The van der Waals surface area contributed by atoms with Gasteiger partial charge in [-0.1, -0.05) is 20.3 Å². The minimum absolute atomic E-state index is 0.806. The average molecular weight is 215 g/mol. The molecule has 1 nitrogen and oxygen atoms in total. The van der Waals surface area contributed by atoms with Gasteiger partial charge >= 0.3 is 0 Å². The van der Waals surface area contributed by atoms with E-state index < -0.39 is 0 Å². The fourth-order valence-corrected chi connectivity index (χ4v) is 2.99. The van der Waals surface area contributed by atoms with Gasteiger partial charge in [0.05, 0.1) is 0 Å². The summed E-state index contributed by atoms with van der Waals surface area (Å²) >= 11 is 2.13. The quantitative estimate of drug-likeness (QED) is 0.624. The first-order chi connectivity index (χ1) is 6.88. The molecule has 2 heteroatoms. The summed E-state index contributed by atoms with van der Waals surface area (Å²) in [5.74, 6) is 3.65. The lowest BCUT2D eigenvalue weighted by Crippen LogP contribution is -2.41. The molecule has 0 aromatic heterocycles. The Hall–Kier alpha value is 0.310. The highest BCUT2D eigenvalue weighted by Gasteiger charge is 2.26. The number of hydrogen-bond donors (Lipinski definition) is 1. The van der Waals surface area contributed by atoms with E-state index in [4.69, 9.17) is 0 Å². The van der Waals surface area contributed by atoms with Gasteiger partial charge in [0.25, 0.3) is 0 Å². The van der Waals surface area contributed by atoms with Crippen molar-refractivity contribution in [2.45, 2.75) is 52.0 Å². The molecule has 1 N–H and O–H groups in total. The summed E-state index contributed by atoms with van der Waals surface area (Å²) in [5.41, 5.74) is 0. The van der Waals surface area contributed by atoms with E-state index in [0.717, 1.165) is 12.0 Å². The molecule has 0 aromatic carbocycles. The summed E-state index contributed by atoms with van der Waals surface area (Å²) in [7, 11) is 0. The van der Waals surface area contributed by atoms with E-state index in [2.05, 4.69) is 30.9 Å². The molecule has 1 unspecified atom stereocenters. The van der Waals surface area contributed by atoms with Gasteiger partial charge in [0.1, 0.15) is 0 Å². The molecule has 0 amide bonds. The van der Waals surface area contributed by atoms with Crippen LogP contribution in [0.25, 0.3) is 0 Å². The fourth-order valence-electron chi connectivity index (χ4n) is 1.89. The Labute approximate surface area is 93.4 Å². The fraction of sp³-hybridized carbons (Fsp3) is 1.00. The van der Waals surface area contributed by atoms with Crippen molar-refractivity contribution in [3.63, 3.8) is 0 Å². The summed E-state index contributed by atoms with van der Waals surface area (Å²) in [4.78, 5) is 0. The largest absolute Gasteiger partial charge is 0.313 e. The second-order valence-electron chi connectivity index (χ2n) is 4.33. The highest BCUT2D eigenvalue weighted by molar-refractivity contribution is 7.99. The zero-order chi connectivity index (χ0) is 10.2. The smallest absolute Gasteiger partial charge is 0.0186 e. The molecule has 14 heavy (non-hydrogen) atoms. The first-order valence-electron chi connectivity index (χ1n) is 6.19. The monoisotopic (exact) mass is 215 g/mol. The van der Waals surface area contributed by atoms with Crippen LogP contribution < -0.4 is 5.32 Å². The lowest BCUT2D eigenvalue weighted by molar-refractivity contribution is 0.244. The maximum absolute atomic E-state index is 3.71. The topological polar surface area (TPSA) is 12.0 Å². The molecule has 1 saturated carbocycles. The molecule has 1 atom stereocenters. The summed E-state index contributed by atoms with van der Waals surface area (Å²) in [6.45, 7) is 5.72. The average Bonchev–Trinajstić information content (AvgIpc) is 2.11. The van der Waals surface area contributed by atoms with Crippen LogP contribution >= 0.6 is 11.8 Å². The van der Waals surface area contributed by atoms with E-state index in [1.54, 1.807) is 0 Å². The molecule has 1 fully saturated rings. The Morgan fingerprint density at radius 1 is 1.29 bits per heavy atom. The zero-order valence-electron chi connectivity index (χ0n) is 9.72. The molecule has 1 aliphatic carbocycles. The van der Waals surface area contributed by atoms with Crippen LogP contribution in [-0.4, -0.2) is 24.1 Å². The van der Waals surface area contributed by atoms with Crippen LogP contribution in [0.15, 0.2) is 0 Å². The molecule has 1 rings (SSSR count). The first-order valence-corrected chi connectivity index (χ1v) is 7.35. The van der Waals surface area contributed by atoms with Crippen molar-refractivity contribution in [1.82, 2.24) is 5.32 Å². The van der Waals surface area contributed by atoms with Crippen molar-refractivity contribution in [3.05, 3.63) is 0 Å². The Balaban J connectivity index is 2.14. The maximum atomic E-state index is 3.71. The molecule has 0 saturated heterocycles. The molecular weight excluding hydrogens is 190 g/mol. The van der Waals surface area contributed by atoms with Crippen molar-refractivity contribution in [1.29, 1.82) is 0 Å². The minimum atomic E-state index is 0.806. The lowest BCUT2D eigenvalue weighted by Gasteiger charge is -2.34. The van der Waals surface area contributed by atoms with Gasteiger partial charge in [-0.15, -0.1) is 0 Å². The molecule has 0 aliphatic heterocycles. The van der Waals surface area contributed by atoms with E-state index in [1.165, 1.54) is 50.2 Å². The van der Waals surface area contributed by atoms with Gasteiger partial charge in [0.15, 0.2) is 0 Å². The molecule has 1 aliphatic rings. The van der Waals surface area contributed by atoms with E-state index in [0.29, 0.717) is 0 Å². The molecule has 0 heterocycles. The molecule has 0 aromatic rings. The summed E-state index contributed by atoms with van der Waals surface area (Å²) in [5, 5.41) is 3.71. The third-order valence-electron chi connectivity index (χ3n) is 3.02. The third kappa shape index (κ3) is 4.22. The van der Waals surface area contributed by atoms with Crippen LogP contribution in [0.5, 0.6) is 0 Å². The van der Waals surface area contributed by atoms with Crippen molar-refractivity contribution in [3.8, 4) is 0 Å². The number of hydrogen-bond acceptors (Lipinski definition) is 2. The molecule has 0 spiro atoms. The van der Waals surface area contributed by atoms with E-state index in [9.17, 15) is 0 Å². The Morgan fingerprint density at radius 2 is 2.07 bits per heavy atom. The van der Waals surface area contributed by atoms with Gasteiger partial charge in [-0.2, -0.15) is 11.8 Å². The van der Waals surface area contributed by atoms with Crippen LogP contribution in [0.1, 0.15) is 46.0 Å². The van der Waals surface area contributed by atoms with Crippen LogP contribution in [0.4, 0.5) is 0 Å². The van der Waals surface area contributed by atoms with Gasteiger partial charge in [-0.25, -0.2) is 0 Å². The van der Waals surface area contributed by atoms with Gasteiger partial charge < -0.3 is 5.32 Å². The standard InChI is InChI=1S/C12H25NS/c1-3-8-13-12(10-14-9-4-2)11-6-5-7-11/h11-13H,3-10H2,1-2H3. The van der Waals surface area contributed by atoms with E-state index in [-0.39, 0.29) is 0 Å². The van der Waals surface area contributed by atoms with Crippen molar-refractivity contribution >= 4 is 11.8 Å². The Morgan fingerprint density at radius 3 is 2.57 bits per heavy atom. The van der Waals surface area contributed by atoms with Gasteiger partial charge in [0, 0.05) is 11.8 Å². The highest BCUT2D eigenvalue weighted by atomic mass is 32.2. The Kier molecular flexibility index (Phi) is 6.70. The van der Waals surface area contributed by atoms with Gasteiger partial charge in [-0.3, -0.25) is 0 Å². The summed E-state index contributed by atoms with van der Waals surface area (Å²) in [6.07, 6.45) is 6.98. The molecule has 0 radical (unpaired) electrons. The maximum Gasteiger partial charge on any atom is 0.0186 e. The molecule has 0 bridgehead atoms. The predicted octanol–water partition coefficient (Wildman–Crippen LogP) is 3.30. The predicted molar refractivity (Wildman–Crippen MR) is 67.0 cm³/mol. The Bertz CT molecular complexity index is 134. The first kappa shape index (κ1) is 12.4. The SMILES string of the molecule is CCCNC(CSCCC)C1CCC1. The van der Waals surface area contributed by atoms with Crippen LogP contribution in [-0.2, 0) is 0 Å². The van der Waals surface area contributed by atoms with E-state index >= 15 is 0 Å². The summed E-state index contributed by atoms with van der Waals surface area (Å²) < 4.78 is 0. The van der Waals surface area contributed by atoms with E-state index in [1.807, 2.05) is 0 Å². The second-order valence-corrected chi connectivity index (χ2v) is 5.48. The number of rotatable bonds is 8. The minimum Gasteiger partial charge on any atom is -0.313 e. The normalized spacial score (nSPS) is 19.3. The van der Waals surface area contributed by atoms with Crippen molar-refractivity contribution in [2.24, 2.45) is 5.92 Å². The van der Waals surface area contributed by atoms with Crippen molar-refractivity contribution in [2.75, 3.05) is 18.1 Å². The third-order valence-corrected chi connectivity index (χ3v) is 4.31. The second kappa shape index (κ2) is 7.58. The van der Waals surface area contributed by atoms with Crippen LogP contribution in [0, 0.1) is 5.92 Å². The number of nitrogens with one attached hydrogen (secondary N) is 1.